The molecule has 1 unspecified atom stereocenters. The zero-order valence-electron chi connectivity index (χ0n) is 11.6. The number of carbonyl (C=O) groups is 2. The van der Waals surface area contributed by atoms with Gasteiger partial charge in [0.05, 0.1) is 39.1 Å². The molecule has 1 fully saturated rings. The fourth-order valence-electron chi connectivity index (χ4n) is 1.87. The molecule has 1 atom stereocenters. The molecule has 0 aliphatic carbocycles. The van der Waals surface area contributed by atoms with Crippen LogP contribution in [0.15, 0.2) is 0 Å². The molecule has 1 rings (SSSR count). The van der Waals surface area contributed by atoms with Crippen molar-refractivity contribution in [3.05, 3.63) is 0 Å². The highest BCUT2D eigenvalue weighted by atomic mass is 16.6. The van der Waals surface area contributed by atoms with E-state index in [1.807, 2.05) is 0 Å². The average molecular weight is 274 g/mol. The van der Waals surface area contributed by atoms with Crippen molar-refractivity contribution in [1.82, 2.24) is 0 Å². The van der Waals surface area contributed by atoms with Crippen LogP contribution in [0.5, 0.6) is 0 Å². The van der Waals surface area contributed by atoms with E-state index in [4.69, 9.17) is 18.9 Å². The minimum absolute atomic E-state index is 0.0693. The van der Waals surface area contributed by atoms with Crippen molar-refractivity contribution in [2.24, 2.45) is 5.92 Å². The average Bonchev–Trinajstić information content (AvgIpc) is 2.41. The third kappa shape index (κ3) is 5.57. The van der Waals surface area contributed by atoms with E-state index in [0.29, 0.717) is 32.7 Å². The molecule has 6 nitrogen and oxygen atoms in total. The van der Waals surface area contributed by atoms with Crippen LogP contribution in [-0.2, 0) is 28.5 Å². The molecular formula is C13H22O6. The highest BCUT2D eigenvalue weighted by molar-refractivity contribution is 5.94. The van der Waals surface area contributed by atoms with Crippen molar-refractivity contribution in [2.45, 2.75) is 32.8 Å². The Morgan fingerprint density at radius 3 is 2.26 bits per heavy atom. The zero-order valence-corrected chi connectivity index (χ0v) is 11.6. The summed E-state index contributed by atoms with van der Waals surface area (Å²) in [5.41, 5.74) is 0. The molecule has 0 bridgehead atoms. The van der Waals surface area contributed by atoms with Gasteiger partial charge in [-0.15, -0.1) is 0 Å². The summed E-state index contributed by atoms with van der Waals surface area (Å²) in [6.45, 7) is 5.55. The van der Waals surface area contributed by atoms with E-state index in [9.17, 15) is 9.59 Å². The molecule has 0 saturated carbocycles. The van der Waals surface area contributed by atoms with Gasteiger partial charge in [0.15, 0.2) is 5.92 Å². The van der Waals surface area contributed by atoms with Crippen LogP contribution in [-0.4, -0.2) is 51.1 Å². The van der Waals surface area contributed by atoms with Crippen LogP contribution in [0.4, 0.5) is 0 Å². The molecule has 19 heavy (non-hydrogen) atoms. The maximum absolute atomic E-state index is 11.7. The molecular weight excluding hydrogens is 252 g/mol. The van der Waals surface area contributed by atoms with Gasteiger partial charge in [-0.2, -0.15) is 0 Å². The van der Waals surface area contributed by atoms with Gasteiger partial charge in [-0.3, -0.25) is 9.59 Å². The van der Waals surface area contributed by atoms with Crippen LogP contribution < -0.4 is 0 Å². The first-order chi connectivity index (χ1) is 9.19. The number of rotatable bonds is 7. The summed E-state index contributed by atoms with van der Waals surface area (Å²) in [4.78, 5) is 23.5. The molecule has 0 spiro atoms. The highest BCUT2D eigenvalue weighted by Gasteiger charge is 2.30. The van der Waals surface area contributed by atoms with Gasteiger partial charge >= 0.3 is 11.9 Å². The molecule has 0 aromatic carbocycles. The number of hydrogen-bond donors (Lipinski definition) is 0. The molecule has 110 valence electrons. The summed E-state index contributed by atoms with van der Waals surface area (Å²) in [7, 11) is 0. The first-order valence-electron chi connectivity index (χ1n) is 6.71. The quantitative estimate of drug-likeness (QED) is 0.508. The first-order valence-corrected chi connectivity index (χ1v) is 6.71. The van der Waals surface area contributed by atoms with Crippen LogP contribution in [0.1, 0.15) is 26.7 Å². The summed E-state index contributed by atoms with van der Waals surface area (Å²) in [6, 6.07) is 0. The minimum atomic E-state index is -0.870. The van der Waals surface area contributed by atoms with Gasteiger partial charge in [0, 0.05) is 0 Å². The van der Waals surface area contributed by atoms with Gasteiger partial charge in [-0.05, 0) is 26.7 Å². The summed E-state index contributed by atoms with van der Waals surface area (Å²) in [5.74, 6) is -1.93. The van der Waals surface area contributed by atoms with Gasteiger partial charge in [-0.1, -0.05) is 0 Å². The Morgan fingerprint density at radius 1 is 1.16 bits per heavy atom. The predicted molar refractivity (Wildman–Crippen MR) is 66.5 cm³/mol. The van der Waals surface area contributed by atoms with Crippen molar-refractivity contribution in [1.29, 1.82) is 0 Å². The highest BCUT2D eigenvalue weighted by Crippen LogP contribution is 2.16. The number of hydrogen-bond acceptors (Lipinski definition) is 6. The third-order valence-electron chi connectivity index (χ3n) is 2.80. The summed E-state index contributed by atoms with van der Waals surface area (Å²) in [5, 5.41) is 0. The van der Waals surface area contributed by atoms with Crippen molar-refractivity contribution < 1.29 is 28.5 Å². The van der Waals surface area contributed by atoms with Crippen LogP contribution in [0.25, 0.3) is 0 Å². The lowest BCUT2D eigenvalue weighted by Crippen LogP contribution is -2.32. The van der Waals surface area contributed by atoms with Crippen molar-refractivity contribution in [3.8, 4) is 0 Å². The SMILES string of the molecule is CCOC(=O)C(CCC1COCCO1)C(=O)OCC. The lowest BCUT2D eigenvalue weighted by Gasteiger charge is -2.24. The minimum Gasteiger partial charge on any atom is -0.465 e. The Balaban J connectivity index is 2.47. The standard InChI is InChI=1S/C13H22O6/c1-3-17-12(14)11(13(15)18-4-2)6-5-10-9-16-7-8-19-10/h10-11H,3-9H2,1-2H3. The van der Waals surface area contributed by atoms with Gasteiger partial charge < -0.3 is 18.9 Å². The summed E-state index contributed by atoms with van der Waals surface area (Å²) < 4.78 is 20.6. The summed E-state index contributed by atoms with van der Waals surface area (Å²) in [6.07, 6.45) is 0.855. The lowest BCUT2D eigenvalue weighted by atomic mass is 10.0. The van der Waals surface area contributed by atoms with E-state index >= 15 is 0 Å². The molecule has 1 aliphatic heterocycles. The van der Waals surface area contributed by atoms with Crippen LogP contribution >= 0.6 is 0 Å². The zero-order chi connectivity index (χ0) is 14.1. The van der Waals surface area contributed by atoms with Gasteiger partial charge in [0.1, 0.15) is 0 Å². The molecule has 0 N–H and O–H groups in total. The molecule has 0 aromatic heterocycles. The molecule has 0 radical (unpaired) electrons. The molecule has 1 heterocycles. The van der Waals surface area contributed by atoms with Crippen molar-refractivity contribution in [2.75, 3.05) is 33.0 Å². The predicted octanol–water partition coefficient (Wildman–Crippen LogP) is 0.924. The van der Waals surface area contributed by atoms with Gasteiger partial charge in [0.25, 0.3) is 0 Å². The summed E-state index contributed by atoms with van der Waals surface area (Å²) >= 11 is 0. The number of carbonyl (C=O) groups excluding carboxylic acids is 2. The Labute approximate surface area is 113 Å². The molecule has 1 aliphatic rings. The Morgan fingerprint density at radius 2 is 1.79 bits per heavy atom. The maximum Gasteiger partial charge on any atom is 0.320 e. The third-order valence-corrected chi connectivity index (χ3v) is 2.80. The maximum atomic E-state index is 11.7. The Kier molecular flexibility index (Phi) is 7.43. The molecule has 6 heteroatoms. The van der Waals surface area contributed by atoms with Crippen molar-refractivity contribution >= 4 is 11.9 Å². The number of esters is 2. The van der Waals surface area contributed by atoms with E-state index in [0.717, 1.165) is 0 Å². The Bertz CT molecular complexity index is 267. The fourth-order valence-corrected chi connectivity index (χ4v) is 1.87. The van der Waals surface area contributed by atoms with E-state index < -0.39 is 17.9 Å². The largest absolute Gasteiger partial charge is 0.465 e. The van der Waals surface area contributed by atoms with Gasteiger partial charge in [0.2, 0.25) is 0 Å². The number of ether oxygens (including phenoxy) is 4. The second-order valence-corrected chi connectivity index (χ2v) is 4.20. The van der Waals surface area contributed by atoms with Gasteiger partial charge in [-0.25, -0.2) is 0 Å². The van der Waals surface area contributed by atoms with Crippen molar-refractivity contribution in [3.63, 3.8) is 0 Å². The first kappa shape index (κ1) is 15.9. The second kappa shape index (κ2) is 8.87. The fraction of sp³-hybridized carbons (Fsp3) is 0.846. The van der Waals surface area contributed by atoms with E-state index in [2.05, 4.69) is 0 Å². The van der Waals surface area contributed by atoms with Crippen LogP contribution in [0, 0.1) is 5.92 Å². The lowest BCUT2D eigenvalue weighted by molar-refractivity contribution is -0.162. The van der Waals surface area contributed by atoms with E-state index in [-0.39, 0.29) is 19.3 Å². The molecule has 0 amide bonds. The Hall–Kier alpha value is -1.14. The molecule has 0 aromatic rings. The van der Waals surface area contributed by atoms with Crippen LogP contribution in [0.2, 0.25) is 0 Å². The second-order valence-electron chi connectivity index (χ2n) is 4.20. The molecule has 1 saturated heterocycles. The van der Waals surface area contributed by atoms with Crippen LogP contribution in [0.3, 0.4) is 0 Å². The smallest absolute Gasteiger partial charge is 0.320 e. The van der Waals surface area contributed by atoms with E-state index in [1.165, 1.54) is 0 Å². The normalized spacial score (nSPS) is 19.2. The van der Waals surface area contributed by atoms with E-state index in [1.54, 1.807) is 13.8 Å². The topological polar surface area (TPSA) is 71.1 Å². The monoisotopic (exact) mass is 274 g/mol.